The number of pyridine rings is 1. The lowest BCUT2D eigenvalue weighted by Crippen LogP contribution is -2.57. The van der Waals surface area contributed by atoms with Crippen molar-refractivity contribution in [2.75, 3.05) is 19.6 Å². The summed E-state index contributed by atoms with van der Waals surface area (Å²) in [6.45, 7) is 3.46. The lowest BCUT2D eigenvalue weighted by Gasteiger charge is -2.41. The number of aromatic nitrogens is 1. The van der Waals surface area contributed by atoms with Crippen LogP contribution in [0, 0.1) is 5.92 Å². The molecule has 3 aliphatic rings. The molecule has 3 aliphatic heterocycles. The molecule has 2 unspecified atom stereocenters. The molecule has 2 atom stereocenters. The monoisotopic (exact) mass is 476 g/mol. The molecule has 1 N–H and O–H groups in total. The molecule has 8 heteroatoms. The fourth-order valence-corrected chi connectivity index (χ4v) is 5.78. The van der Waals surface area contributed by atoms with E-state index in [2.05, 4.69) is 10.3 Å². The van der Waals surface area contributed by atoms with Crippen LogP contribution in [-0.2, 0) is 22.4 Å². The molecule has 5 rings (SSSR count). The normalized spacial score (nSPS) is 24.3. The van der Waals surface area contributed by atoms with Crippen molar-refractivity contribution in [3.05, 3.63) is 59.9 Å². The van der Waals surface area contributed by atoms with Crippen LogP contribution in [0.5, 0.6) is 5.75 Å². The van der Waals surface area contributed by atoms with Crippen molar-refractivity contribution in [2.24, 2.45) is 5.92 Å². The van der Waals surface area contributed by atoms with Gasteiger partial charge in [-0.15, -0.1) is 0 Å². The van der Waals surface area contributed by atoms with E-state index in [9.17, 15) is 14.4 Å². The molecule has 35 heavy (non-hydrogen) atoms. The van der Waals surface area contributed by atoms with E-state index in [0.29, 0.717) is 51.7 Å². The number of amides is 4. The second kappa shape index (κ2) is 9.68. The van der Waals surface area contributed by atoms with Crippen LogP contribution in [-0.4, -0.2) is 63.9 Å². The summed E-state index contributed by atoms with van der Waals surface area (Å²) in [5, 5.41) is 3.07. The highest BCUT2D eigenvalue weighted by Gasteiger charge is 2.55. The third-order valence-electron chi connectivity index (χ3n) is 7.59. The summed E-state index contributed by atoms with van der Waals surface area (Å²) < 4.78 is 5.90. The molecule has 8 nitrogen and oxygen atoms in total. The standard InChI is InChI=1S/C27H32N4O4/c1-2-13-27(25(33)31(26(34)29-27)17-12-21-8-5-6-14-28-21)20-10-15-30(16-11-20)24(32)23-18-19-7-3-4-9-22(19)35-23/h3-9,14,20,23H,2,10-13,15-18H2,1H3,(H,29,34). The van der Waals surface area contributed by atoms with Crippen LogP contribution in [0.1, 0.15) is 43.9 Å². The van der Waals surface area contributed by atoms with Crippen LogP contribution in [0.4, 0.5) is 4.79 Å². The number of nitrogens with one attached hydrogen (secondary N) is 1. The van der Waals surface area contributed by atoms with Crippen molar-refractivity contribution >= 4 is 17.8 Å². The van der Waals surface area contributed by atoms with Gasteiger partial charge in [-0.05, 0) is 48.9 Å². The molecule has 2 fully saturated rings. The zero-order valence-electron chi connectivity index (χ0n) is 20.1. The maximum Gasteiger partial charge on any atom is 0.325 e. The molecule has 0 bridgehead atoms. The Bertz CT molecular complexity index is 1070. The summed E-state index contributed by atoms with van der Waals surface area (Å²) in [6.07, 6.45) is 5.07. The summed E-state index contributed by atoms with van der Waals surface area (Å²) >= 11 is 0. The Morgan fingerprint density at radius 1 is 1.14 bits per heavy atom. The van der Waals surface area contributed by atoms with E-state index in [1.165, 1.54) is 4.90 Å². The first kappa shape index (κ1) is 23.3. The van der Waals surface area contributed by atoms with E-state index < -0.39 is 11.6 Å². The van der Waals surface area contributed by atoms with Gasteiger partial charge in [-0.25, -0.2) is 4.79 Å². The number of benzene rings is 1. The zero-order chi connectivity index (χ0) is 24.4. The lowest BCUT2D eigenvalue weighted by molar-refractivity contribution is -0.140. The molecule has 184 valence electrons. The van der Waals surface area contributed by atoms with Crippen molar-refractivity contribution in [1.82, 2.24) is 20.1 Å². The minimum absolute atomic E-state index is 0.00274. The highest BCUT2D eigenvalue weighted by atomic mass is 16.5. The van der Waals surface area contributed by atoms with Crippen molar-refractivity contribution in [1.29, 1.82) is 0 Å². The number of hydrogen-bond donors (Lipinski definition) is 1. The van der Waals surface area contributed by atoms with Gasteiger partial charge in [0, 0.05) is 44.4 Å². The maximum absolute atomic E-state index is 13.6. The number of fused-ring (bicyclic) bond motifs is 1. The quantitative estimate of drug-likeness (QED) is 0.621. The van der Waals surface area contributed by atoms with Gasteiger partial charge < -0.3 is 15.0 Å². The van der Waals surface area contributed by atoms with Gasteiger partial charge >= 0.3 is 6.03 Å². The third-order valence-corrected chi connectivity index (χ3v) is 7.59. The van der Waals surface area contributed by atoms with Gasteiger partial charge in [0.25, 0.3) is 11.8 Å². The second-order valence-corrected chi connectivity index (χ2v) is 9.70. The molecule has 4 amide bonds. The number of carbonyl (C=O) groups is 3. The Morgan fingerprint density at radius 2 is 1.91 bits per heavy atom. The highest BCUT2D eigenvalue weighted by molar-refractivity contribution is 6.07. The zero-order valence-corrected chi connectivity index (χ0v) is 20.1. The average molecular weight is 477 g/mol. The van der Waals surface area contributed by atoms with E-state index in [0.717, 1.165) is 23.4 Å². The van der Waals surface area contributed by atoms with E-state index in [1.54, 1.807) is 6.20 Å². The summed E-state index contributed by atoms with van der Waals surface area (Å²) in [5.41, 5.74) is 1.02. The predicted octanol–water partition coefficient (Wildman–Crippen LogP) is 2.96. The summed E-state index contributed by atoms with van der Waals surface area (Å²) in [4.78, 5) is 47.2. The maximum atomic E-state index is 13.6. The van der Waals surface area contributed by atoms with Crippen molar-refractivity contribution in [3.63, 3.8) is 0 Å². The Balaban J connectivity index is 1.23. The Hall–Kier alpha value is -3.42. The number of para-hydroxylation sites is 1. The molecule has 0 radical (unpaired) electrons. The van der Waals surface area contributed by atoms with Crippen molar-refractivity contribution in [3.8, 4) is 5.75 Å². The summed E-state index contributed by atoms with van der Waals surface area (Å²) in [6, 6.07) is 13.1. The third kappa shape index (κ3) is 4.37. The number of rotatable bonds is 7. The largest absolute Gasteiger partial charge is 0.480 e. The number of ether oxygens (including phenoxy) is 1. The van der Waals surface area contributed by atoms with Crippen LogP contribution in [0.15, 0.2) is 48.7 Å². The van der Waals surface area contributed by atoms with Gasteiger partial charge in [0.15, 0.2) is 6.10 Å². The molecule has 1 aromatic carbocycles. The number of likely N-dealkylation sites (tertiary alicyclic amines) is 1. The van der Waals surface area contributed by atoms with E-state index in [-0.39, 0.29) is 23.8 Å². The second-order valence-electron chi connectivity index (χ2n) is 9.70. The highest BCUT2D eigenvalue weighted by Crippen LogP contribution is 2.38. The van der Waals surface area contributed by atoms with Crippen LogP contribution in [0.25, 0.3) is 0 Å². The van der Waals surface area contributed by atoms with Gasteiger partial charge in [-0.1, -0.05) is 37.6 Å². The van der Waals surface area contributed by atoms with Gasteiger partial charge in [0.2, 0.25) is 0 Å². The smallest absolute Gasteiger partial charge is 0.325 e. The van der Waals surface area contributed by atoms with Crippen LogP contribution >= 0.6 is 0 Å². The summed E-state index contributed by atoms with van der Waals surface area (Å²) in [7, 11) is 0. The van der Waals surface area contributed by atoms with Crippen LogP contribution < -0.4 is 10.1 Å². The van der Waals surface area contributed by atoms with E-state index in [4.69, 9.17) is 4.74 Å². The molecule has 2 saturated heterocycles. The first-order valence-corrected chi connectivity index (χ1v) is 12.6. The minimum Gasteiger partial charge on any atom is -0.480 e. The van der Waals surface area contributed by atoms with Gasteiger partial charge in [0.05, 0.1) is 0 Å². The van der Waals surface area contributed by atoms with Gasteiger partial charge in [0.1, 0.15) is 11.3 Å². The van der Waals surface area contributed by atoms with Gasteiger partial charge in [-0.3, -0.25) is 19.5 Å². The fraction of sp³-hybridized carbons (Fsp3) is 0.481. The minimum atomic E-state index is -0.898. The number of piperidine rings is 1. The van der Waals surface area contributed by atoms with Gasteiger partial charge in [-0.2, -0.15) is 0 Å². The number of imide groups is 1. The SMILES string of the molecule is CCCC1(C2CCN(C(=O)C3Cc4ccccc4O3)CC2)NC(=O)N(CCc2ccccn2)C1=O. The van der Waals surface area contributed by atoms with Crippen LogP contribution in [0.2, 0.25) is 0 Å². The number of urea groups is 1. The molecule has 1 aromatic heterocycles. The first-order chi connectivity index (χ1) is 17.0. The lowest BCUT2D eigenvalue weighted by atomic mass is 9.74. The van der Waals surface area contributed by atoms with Crippen molar-refractivity contribution in [2.45, 2.75) is 57.1 Å². The number of hydrogen-bond acceptors (Lipinski definition) is 5. The molecule has 0 aliphatic carbocycles. The predicted molar refractivity (Wildman–Crippen MR) is 130 cm³/mol. The Labute approximate surface area is 205 Å². The van der Waals surface area contributed by atoms with Crippen LogP contribution in [0.3, 0.4) is 0 Å². The Morgan fingerprint density at radius 3 is 2.63 bits per heavy atom. The molecule has 0 saturated carbocycles. The average Bonchev–Trinajstić information content (AvgIpc) is 3.42. The first-order valence-electron chi connectivity index (χ1n) is 12.6. The molecule has 2 aromatic rings. The van der Waals surface area contributed by atoms with Crippen molar-refractivity contribution < 1.29 is 19.1 Å². The summed E-state index contributed by atoms with van der Waals surface area (Å²) in [5.74, 6) is 0.639. The molecular formula is C27H32N4O4. The Kier molecular flexibility index (Phi) is 6.45. The molecular weight excluding hydrogens is 444 g/mol. The number of nitrogens with zero attached hydrogens (tertiary/aromatic N) is 3. The number of carbonyl (C=O) groups excluding carboxylic acids is 3. The van der Waals surface area contributed by atoms with E-state index in [1.807, 2.05) is 54.3 Å². The fourth-order valence-electron chi connectivity index (χ4n) is 5.78. The molecule has 4 heterocycles. The van der Waals surface area contributed by atoms with E-state index >= 15 is 0 Å². The molecule has 0 spiro atoms. The topological polar surface area (TPSA) is 91.8 Å².